The van der Waals surface area contributed by atoms with E-state index in [0.29, 0.717) is 11.1 Å². The first-order valence-corrected chi connectivity index (χ1v) is 4.16. The molecule has 0 aromatic heterocycles. The Labute approximate surface area is 77.3 Å². The maximum absolute atomic E-state index is 9.61. The van der Waals surface area contributed by atoms with E-state index in [1.807, 2.05) is 6.07 Å². The molecule has 1 unspecified atom stereocenters. The molecule has 1 aromatic carbocycles. The van der Waals surface area contributed by atoms with Gasteiger partial charge in [-0.1, -0.05) is 12.1 Å². The molecule has 0 amide bonds. The Morgan fingerprint density at radius 1 is 1.23 bits per heavy atom. The van der Waals surface area contributed by atoms with Gasteiger partial charge in [0.25, 0.3) is 0 Å². The molecule has 1 aromatic rings. The second-order valence-electron chi connectivity index (χ2n) is 3.16. The summed E-state index contributed by atoms with van der Waals surface area (Å²) in [4.78, 5) is 0. The highest BCUT2D eigenvalue weighted by molar-refractivity contribution is 5.45. The average molecular weight is 182 g/mol. The number of aromatic hydroxyl groups is 1. The molecule has 3 heteroatoms. The van der Waals surface area contributed by atoms with Gasteiger partial charge in [-0.2, -0.15) is 0 Å². The quantitative estimate of drug-likeness (QED) is 0.640. The summed E-state index contributed by atoms with van der Waals surface area (Å²) in [6, 6.07) is 3.58. The van der Waals surface area contributed by atoms with Gasteiger partial charge in [0.2, 0.25) is 0 Å². The summed E-state index contributed by atoms with van der Waals surface area (Å²) in [5, 5.41) is 27.8. The number of hydrogen-bond acceptors (Lipinski definition) is 3. The van der Waals surface area contributed by atoms with E-state index in [9.17, 15) is 10.2 Å². The van der Waals surface area contributed by atoms with Crippen LogP contribution < -0.4 is 0 Å². The zero-order chi connectivity index (χ0) is 10.0. The maximum Gasteiger partial charge on any atom is 0.124 e. The van der Waals surface area contributed by atoms with Crippen LogP contribution in [0.3, 0.4) is 0 Å². The lowest BCUT2D eigenvalue weighted by Crippen LogP contribution is -2.05. The van der Waals surface area contributed by atoms with Crippen LogP contribution in [0.5, 0.6) is 5.75 Å². The average Bonchev–Trinajstić information content (AvgIpc) is 2.12. The van der Waals surface area contributed by atoms with Crippen molar-refractivity contribution >= 4 is 0 Å². The van der Waals surface area contributed by atoms with Gasteiger partial charge in [0.15, 0.2) is 0 Å². The molecule has 0 bridgehead atoms. The molecule has 72 valence electrons. The van der Waals surface area contributed by atoms with E-state index in [-0.39, 0.29) is 12.4 Å². The fourth-order valence-electron chi connectivity index (χ4n) is 1.33. The first kappa shape index (κ1) is 10.0. The second-order valence-corrected chi connectivity index (χ2v) is 3.16. The van der Waals surface area contributed by atoms with Gasteiger partial charge in [0, 0.05) is 5.56 Å². The molecule has 0 aliphatic rings. The molecule has 0 saturated carbocycles. The molecule has 3 N–H and O–H groups in total. The Bertz CT molecular complexity index is 307. The van der Waals surface area contributed by atoms with Gasteiger partial charge >= 0.3 is 0 Å². The van der Waals surface area contributed by atoms with Crippen LogP contribution in [-0.2, 0) is 0 Å². The van der Waals surface area contributed by atoms with E-state index in [0.717, 1.165) is 5.56 Å². The van der Waals surface area contributed by atoms with Crippen molar-refractivity contribution in [3.05, 3.63) is 28.8 Å². The van der Waals surface area contributed by atoms with Crippen LogP contribution in [0.15, 0.2) is 12.1 Å². The summed E-state index contributed by atoms with van der Waals surface area (Å²) in [5.74, 6) is 0.0709. The topological polar surface area (TPSA) is 60.7 Å². The number of benzene rings is 1. The summed E-state index contributed by atoms with van der Waals surface area (Å²) in [7, 11) is 0. The van der Waals surface area contributed by atoms with Crippen molar-refractivity contribution in [3.8, 4) is 5.75 Å². The lowest BCUT2D eigenvalue weighted by Gasteiger charge is -2.14. The number of aliphatic hydroxyl groups excluding tert-OH is 2. The Morgan fingerprint density at radius 3 is 2.31 bits per heavy atom. The number of phenols is 1. The molecule has 3 nitrogen and oxygen atoms in total. The number of phenolic OH excluding ortho intramolecular Hbond substituents is 1. The summed E-state index contributed by atoms with van der Waals surface area (Å²) in [6.07, 6.45) is -1.00. The molecule has 0 spiro atoms. The van der Waals surface area contributed by atoms with Crippen molar-refractivity contribution in [1.29, 1.82) is 0 Å². The van der Waals surface area contributed by atoms with Crippen LogP contribution in [0.4, 0.5) is 0 Å². The van der Waals surface area contributed by atoms with E-state index in [1.165, 1.54) is 0 Å². The normalized spacial score (nSPS) is 12.9. The van der Waals surface area contributed by atoms with Crippen molar-refractivity contribution in [2.45, 2.75) is 20.0 Å². The van der Waals surface area contributed by atoms with Crippen LogP contribution in [0.25, 0.3) is 0 Å². The highest BCUT2D eigenvalue weighted by atomic mass is 16.3. The molecule has 0 fully saturated rings. The number of hydrogen-bond donors (Lipinski definition) is 3. The van der Waals surface area contributed by atoms with Crippen LogP contribution in [0.2, 0.25) is 0 Å². The molecule has 1 atom stereocenters. The molecular weight excluding hydrogens is 168 g/mol. The molecule has 0 aliphatic carbocycles. The van der Waals surface area contributed by atoms with Crippen LogP contribution in [0.1, 0.15) is 22.8 Å². The van der Waals surface area contributed by atoms with Crippen LogP contribution in [0, 0.1) is 13.8 Å². The van der Waals surface area contributed by atoms with E-state index < -0.39 is 6.10 Å². The third kappa shape index (κ3) is 1.82. The lowest BCUT2D eigenvalue weighted by molar-refractivity contribution is 0.0929. The lowest BCUT2D eigenvalue weighted by atomic mass is 9.99. The summed E-state index contributed by atoms with van der Waals surface area (Å²) in [6.45, 7) is 3.16. The number of aliphatic hydroxyl groups is 2. The van der Waals surface area contributed by atoms with Crippen molar-refractivity contribution in [3.63, 3.8) is 0 Å². The Morgan fingerprint density at radius 2 is 1.77 bits per heavy atom. The van der Waals surface area contributed by atoms with E-state index >= 15 is 0 Å². The third-order valence-corrected chi connectivity index (χ3v) is 2.14. The highest BCUT2D eigenvalue weighted by Gasteiger charge is 2.15. The van der Waals surface area contributed by atoms with Crippen molar-refractivity contribution in [1.82, 2.24) is 0 Å². The van der Waals surface area contributed by atoms with E-state index in [1.54, 1.807) is 19.9 Å². The summed E-state index contributed by atoms with van der Waals surface area (Å²) >= 11 is 0. The monoisotopic (exact) mass is 182 g/mol. The SMILES string of the molecule is Cc1ccc(C)c(C(O)CO)c1O. The zero-order valence-corrected chi connectivity index (χ0v) is 7.78. The maximum atomic E-state index is 9.61. The van der Waals surface area contributed by atoms with Crippen molar-refractivity contribution in [2.75, 3.05) is 6.61 Å². The molecule has 0 heterocycles. The van der Waals surface area contributed by atoms with E-state index in [4.69, 9.17) is 5.11 Å². The third-order valence-electron chi connectivity index (χ3n) is 2.14. The van der Waals surface area contributed by atoms with Crippen molar-refractivity contribution in [2.24, 2.45) is 0 Å². The van der Waals surface area contributed by atoms with Gasteiger partial charge in [-0.15, -0.1) is 0 Å². The predicted molar refractivity (Wildman–Crippen MR) is 49.6 cm³/mol. The van der Waals surface area contributed by atoms with Gasteiger partial charge in [0.05, 0.1) is 6.61 Å². The minimum absolute atomic E-state index is 0.0709. The van der Waals surface area contributed by atoms with Gasteiger partial charge in [0.1, 0.15) is 11.9 Å². The first-order chi connectivity index (χ1) is 6.07. The highest BCUT2D eigenvalue weighted by Crippen LogP contribution is 2.30. The molecule has 0 aliphatic heterocycles. The predicted octanol–water partition coefficient (Wildman–Crippen LogP) is 1.03. The minimum atomic E-state index is -1.00. The number of rotatable bonds is 2. The molecule has 1 rings (SSSR count). The van der Waals surface area contributed by atoms with Gasteiger partial charge in [-0.05, 0) is 25.0 Å². The summed E-state index contributed by atoms with van der Waals surface area (Å²) in [5.41, 5.74) is 1.90. The minimum Gasteiger partial charge on any atom is -0.507 e. The Kier molecular flexibility index (Phi) is 2.90. The van der Waals surface area contributed by atoms with Crippen LogP contribution in [-0.4, -0.2) is 21.9 Å². The molecule has 0 saturated heterocycles. The zero-order valence-electron chi connectivity index (χ0n) is 7.78. The largest absolute Gasteiger partial charge is 0.507 e. The fourth-order valence-corrected chi connectivity index (χ4v) is 1.33. The second kappa shape index (κ2) is 3.77. The van der Waals surface area contributed by atoms with Gasteiger partial charge in [-0.3, -0.25) is 0 Å². The Hall–Kier alpha value is -1.06. The Balaban J connectivity index is 3.25. The van der Waals surface area contributed by atoms with Crippen LogP contribution >= 0.6 is 0 Å². The summed E-state index contributed by atoms with van der Waals surface area (Å²) < 4.78 is 0. The fraction of sp³-hybridized carbons (Fsp3) is 0.400. The van der Waals surface area contributed by atoms with Gasteiger partial charge in [-0.25, -0.2) is 0 Å². The first-order valence-electron chi connectivity index (χ1n) is 4.16. The van der Waals surface area contributed by atoms with Gasteiger partial charge < -0.3 is 15.3 Å². The molecular formula is C10H14O3. The molecule has 13 heavy (non-hydrogen) atoms. The van der Waals surface area contributed by atoms with E-state index in [2.05, 4.69) is 0 Å². The smallest absolute Gasteiger partial charge is 0.124 e. The number of aryl methyl sites for hydroxylation is 2. The standard InChI is InChI=1S/C10H14O3/c1-6-3-4-7(2)10(13)9(6)8(12)5-11/h3-4,8,11-13H,5H2,1-2H3. The molecule has 0 radical (unpaired) electrons. The van der Waals surface area contributed by atoms with Crippen molar-refractivity contribution < 1.29 is 15.3 Å².